The van der Waals surface area contributed by atoms with Crippen molar-refractivity contribution in [1.29, 1.82) is 5.26 Å². The number of hydrogen-bond acceptors (Lipinski definition) is 3. The van der Waals surface area contributed by atoms with Crippen LogP contribution in [0.3, 0.4) is 0 Å². The van der Waals surface area contributed by atoms with Crippen LogP contribution in [-0.2, 0) is 4.79 Å². The van der Waals surface area contributed by atoms with Gasteiger partial charge in [0, 0.05) is 19.6 Å². The number of carboxylic acids is 1. The average molecular weight is 281 g/mol. The van der Waals surface area contributed by atoms with E-state index in [-0.39, 0.29) is 11.9 Å². The molecule has 1 N–H and O–H groups in total. The third-order valence-electron chi connectivity index (χ3n) is 3.76. The van der Waals surface area contributed by atoms with Crippen molar-refractivity contribution in [3.63, 3.8) is 0 Å². The molecule has 0 aromatic rings. The van der Waals surface area contributed by atoms with Gasteiger partial charge in [0.15, 0.2) is 0 Å². The van der Waals surface area contributed by atoms with Crippen LogP contribution in [0, 0.1) is 23.2 Å². The molecule has 0 radical (unpaired) electrons. The first-order valence-corrected chi connectivity index (χ1v) is 7.08. The van der Waals surface area contributed by atoms with Gasteiger partial charge >= 0.3 is 12.0 Å². The average Bonchev–Trinajstić information content (AvgIpc) is 2.43. The highest BCUT2D eigenvalue weighted by molar-refractivity contribution is 5.83. The van der Waals surface area contributed by atoms with Gasteiger partial charge in [-0.15, -0.1) is 0 Å². The molecule has 6 nitrogen and oxygen atoms in total. The summed E-state index contributed by atoms with van der Waals surface area (Å²) in [6.45, 7) is 6.88. The summed E-state index contributed by atoms with van der Waals surface area (Å²) >= 11 is 0. The Hall–Kier alpha value is -1.77. The number of hydrogen-bond donors (Lipinski definition) is 1. The zero-order chi connectivity index (χ0) is 15.3. The fourth-order valence-corrected chi connectivity index (χ4v) is 2.50. The van der Waals surface area contributed by atoms with Crippen molar-refractivity contribution in [3.8, 4) is 6.07 Å². The highest BCUT2D eigenvalue weighted by Crippen LogP contribution is 2.24. The number of nitriles is 1. The summed E-state index contributed by atoms with van der Waals surface area (Å²) < 4.78 is 0. The van der Waals surface area contributed by atoms with E-state index < -0.39 is 12.0 Å². The fourth-order valence-electron chi connectivity index (χ4n) is 2.50. The fraction of sp³-hybridized carbons (Fsp3) is 0.786. The summed E-state index contributed by atoms with van der Waals surface area (Å²) in [4.78, 5) is 26.8. The lowest BCUT2D eigenvalue weighted by molar-refractivity contribution is -0.144. The van der Waals surface area contributed by atoms with E-state index in [0.29, 0.717) is 32.0 Å². The molecule has 1 aliphatic rings. The standard InChI is InChI=1S/C14H23N3O3/c1-4-16(9-11(3)8-15)14(20)17-6-5-10(2)7-12(17)13(18)19/h10-12H,4-7,9H2,1-3H3,(H,18,19). The number of urea groups is 1. The normalized spacial score (nSPS) is 23.8. The van der Waals surface area contributed by atoms with Crippen molar-refractivity contribution in [3.05, 3.63) is 0 Å². The topological polar surface area (TPSA) is 84.6 Å². The molecule has 0 spiro atoms. The zero-order valence-electron chi connectivity index (χ0n) is 12.4. The van der Waals surface area contributed by atoms with Crippen molar-refractivity contribution in [2.45, 2.75) is 39.7 Å². The molecule has 1 aliphatic heterocycles. The molecule has 1 fully saturated rings. The van der Waals surface area contributed by atoms with E-state index in [1.165, 1.54) is 4.90 Å². The minimum atomic E-state index is -0.950. The van der Waals surface area contributed by atoms with Crippen LogP contribution in [0.2, 0.25) is 0 Å². The van der Waals surface area contributed by atoms with Gasteiger partial charge in [-0.25, -0.2) is 9.59 Å². The van der Waals surface area contributed by atoms with Gasteiger partial charge in [0.25, 0.3) is 0 Å². The van der Waals surface area contributed by atoms with Crippen molar-refractivity contribution in [1.82, 2.24) is 9.80 Å². The Morgan fingerprint density at radius 3 is 2.70 bits per heavy atom. The second-order valence-electron chi connectivity index (χ2n) is 5.53. The molecule has 3 unspecified atom stereocenters. The summed E-state index contributed by atoms with van der Waals surface area (Å²) in [5.74, 6) is -0.895. The number of nitrogens with zero attached hydrogens (tertiary/aromatic N) is 3. The minimum absolute atomic E-state index is 0.258. The Kier molecular flexibility index (Phi) is 5.81. The van der Waals surface area contributed by atoms with E-state index in [2.05, 4.69) is 6.07 Å². The maximum atomic E-state index is 12.5. The summed E-state index contributed by atoms with van der Waals surface area (Å²) in [6.07, 6.45) is 1.31. The highest BCUT2D eigenvalue weighted by Gasteiger charge is 2.36. The molecule has 3 atom stereocenters. The third kappa shape index (κ3) is 3.86. The number of piperidine rings is 1. The van der Waals surface area contributed by atoms with E-state index >= 15 is 0 Å². The highest BCUT2D eigenvalue weighted by atomic mass is 16.4. The van der Waals surface area contributed by atoms with Gasteiger partial charge < -0.3 is 14.9 Å². The van der Waals surface area contributed by atoms with Crippen LogP contribution < -0.4 is 0 Å². The summed E-state index contributed by atoms with van der Waals surface area (Å²) in [5, 5.41) is 18.1. The number of likely N-dealkylation sites (tertiary alicyclic amines) is 1. The molecular formula is C14H23N3O3. The van der Waals surface area contributed by atoms with Crippen LogP contribution in [0.5, 0.6) is 0 Å². The molecular weight excluding hydrogens is 258 g/mol. The van der Waals surface area contributed by atoms with E-state index in [0.717, 1.165) is 6.42 Å². The van der Waals surface area contributed by atoms with Gasteiger partial charge in [-0.05, 0) is 32.6 Å². The number of carbonyl (C=O) groups excluding carboxylic acids is 1. The Balaban J connectivity index is 2.81. The summed E-state index contributed by atoms with van der Waals surface area (Å²) in [7, 11) is 0. The van der Waals surface area contributed by atoms with Crippen molar-refractivity contribution in [2.24, 2.45) is 11.8 Å². The number of rotatable bonds is 4. The lowest BCUT2D eigenvalue weighted by Crippen LogP contribution is -2.54. The largest absolute Gasteiger partial charge is 0.480 e. The van der Waals surface area contributed by atoms with Crippen LogP contribution >= 0.6 is 0 Å². The molecule has 20 heavy (non-hydrogen) atoms. The number of aliphatic carboxylic acids is 1. The van der Waals surface area contributed by atoms with Gasteiger partial charge in [-0.3, -0.25) is 0 Å². The first-order valence-electron chi connectivity index (χ1n) is 7.08. The third-order valence-corrected chi connectivity index (χ3v) is 3.76. The van der Waals surface area contributed by atoms with Crippen molar-refractivity contribution >= 4 is 12.0 Å². The maximum absolute atomic E-state index is 12.5. The van der Waals surface area contributed by atoms with E-state index in [1.54, 1.807) is 11.8 Å². The van der Waals surface area contributed by atoms with Crippen molar-refractivity contribution < 1.29 is 14.7 Å². The molecule has 1 saturated heterocycles. The Morgan fingerprint density at radius 2 is 2.20 bits per heavy atom. The number of carboxylic acid groups (broad SMARTS) is 1. The minimum Gasteiger partial charge on any atom is -0.480 e. The van der Waals surface area contributed by atoms with E-state index in [4.69, 9.17) is 5.26 Å². The summed E-state index contributed by atoms with van der Waals surface area (Å²) in [5.41, 5.74) is 0. The smallest absolute Gasteiger partial charge is 0.326 e. The Bertz CT molecular complexity index is 405. The second kappa shape index (κ2) is 7.13. The van der Waals surface area contributed by atoms with Gasteiger partial charge in [0.1, 0.15) is 6.04 Å². The molecule has 6 heteroatoms. The predicted molar refractivity (Wildman–Crippen MR) is 73.9 cm³/mol. The van der Waals surface area contributed by atoms with Crippen molar-refractivity contribution in [2.75, 3.05) is 19.6 Å². The molecule has 1 rings (SSSR count). The monoisotopic (exact) mass is 281 g/mol. The van der Waals surface area contributed by atoms with Gasteiger partial charge in [0.05, 0.1) is 12.0 Å². The number of carbonyl (C=O) groups is 2. The van der Waals surface area contributed by atoms with Crippen LogP contribution in [-0.4, -0.2) is 52.6 Å². The first kappa shape index (κ1) is 16.3. The van der Waals surface area contributed by atoms with Gasteiger partial charge in [-0.2, -0.15) is 5.26 Å². The lowest BCUT2D eigenvalue weighted by atomic mass is 9.92. The van der Waals surface area contributed by atoms with Crippen LogP contribution in [0.15, 0.2) is 0 Å². The molecule has 0 aromatic heterocycles. The molecule has 0 aliphatic carbocycles. The molecule has 0 saturated carbocycles. The zero-order valence-corrected chi connectivity index (χ0v) is 12.4. The predicted octanol–water partition coefficient (Wildman–Crippen LogP) is 1.77. The molecule has 0 bridgehead atoms. The van der Waals surface area contributed by atoms with E-state index in [9.17, 15) is 14.7 Å². The molecule has 1 heterocycles. The lowest BCUT2D eigenvalue weighted by Gasteiger charge is -2.39. The van der Waals surface area contributed by atoms with Crippen LogP contribution in [0.25, 0.3) is 0 Å². The maximum Gasteiger partial charge on any atom is 0.326 e. The van der Waals surface area contributed by atoms with Crippen LogP contribution in [0.4, 0.5) is 4.79 Å². The Labute approximate surface area is 120 Å². The molecule has 0 aromatic carbocycles. The van der Waals surface area contributed by atoms with Crippen LogP contribution in [0.1, 0.15) is 33.6 Å². The first-order chi connectivity index (χ1) is 9.40. The summed E-state index contributed by atoms with van der Waals surface area (Å²) in [6, 6.07) is 1.08. The van der Waals surface area contributed by atoms with Gasteiger partial charge in [0.2, 0.25) is 0 Å². The second-order valence-corrected chi connectivity index (χ2v) is 5.53. The molecule has 2 amide bonds. The molecule has 112 valence electrons. The van der Waals surface area contributed by atoms with E-state index in [1.807, 2.05) is 13.8 Å². The quantitative estimate of drug-likeness (QED) is 0.851. The number of amides is 2. The van der Waals surface area contributed by atoms with Gasteiger partial charge in [-0.1, -0.05) is 6.92 Å². The Morgan fingerprint density at radius 1 is 1.55 bits per heavy atom. The SMILES string of the molecule is CCN(CC(C)C#N)C(=O)N1CCC(C)CC1C(=O)O.